The van der Waals surface area contributed by atoms with Gasteiger partial charge in [0.25, 0.3) is 5.91 Å². The minimum absolute atomic E-state index is 0.415. The van der Waals surface area contributed by atoms with Gasteiger partial charge in [-0.1, -0.05) is 0 Å². The molecule has 2 rings (SSSR count). The van der Waals surface area contributed by atoms with E-state index in [4.69, 9.17) is 10.5 Å². The maximum atomic E-state index is 11.3. The van der Waals surface area contributed by atoms with Gasteiger partial charge < -0.3 is 15.0 Å². The Balaban J connectivity index is 2.03. The predicted octanol–water partition coefficient (Wildman–Crippen LogP) is -0.504. The third kappa shape index (κ3) is 2.48. The molecule has 1 amide bonds. The van der Waals surface area contributed by atoms with Crippen molar-refractivity contribution in [3.05, 3.63) is 18.2 Å². The number of hydrogen-bond donors (Lipinski definition) is 1. The van der Waals surface area contributed by atoms with E-state index in [1.807, 2.05) is 17.8 Å². The van der Waals surface area contributed by atoms with Crippen molar-refractivity contribution in [2.24, 2.45) is 12.8 Å². The largest absolute Gasteiger partial charge is 0.367 e. The third-order valence-electron chi connectivity index (χ3n) is 3.16. The maximum absolute atomic E-state index is 11.3. The molecule has 6 heteroatoms. The third-order valence-corrected chi connectivity index (χ3v) is 3.16. The fraction of sp³-hybridized carbons (Fsp3) is 0.636. The second kappa shape index (κ2) is 4.46. The molecule has 0 bridgehead atoms. The zero-order valence-corrected chi connectivity index (χ0v) is 10.2. The molecule has 1 aliphatic rings. The molecule has 0 saturated carbocycles. The van der Waals surface area contributed by atoms with E-state index in [-0.39, 0.29) is 0 Å². The first-order valence-electron chi connectivity index (χ1n) is 5.64. The molecule has 1 aromatic rings. The number of aromatic nitrogens is 2. The Morgan fingerprint density at radius 3 is 3.06 bits per heavy atom. The summed E-state index contributed by atoms with van der Waals surface area (Å²) in [5.41, 5.74) is 4.47. The molecule has 6 nitrogen and oxygen atoms in total. The van der Waals surface area contributed by atoms with Crippen LogP contribution in [0, 0.1) is 0 Å². The monoisotopic (exact) mass is 238 g/mol. The zero-order valence-electron chi connectivity index (χ0n) is 10.2. The van der Waals surface area contributed by atoms with Gasteiger partial charge in [0.05, 0.1) is 13.2 Å². The van der Waals surface area contributed by atoms with Crippen LogP contribution in [0.5, 0.6) is 0 Å². The van der Waals surface area contributed by atoms with Gasteiger partial charge in [-0.15, -0.1) is 0 Å². The average molecular weight is 238 g/mol. The van der Waals surface area contributed by atoms with Crippen LogP contribution in [0.3, 0.4) is 0 Å². The summed E-state index contributed by atoms with van der Waals surface area (Å²) in [6.45, 7) is 4.25. The van der Waals surface area contributed by atoms with Crippen LogP contribution in [0.25, 0.3) is 0 Å². The highest BCUT2D eigenvalue weighted by molar-refractivity contribution is 5.83. The van der Waals surface area contributed by atoms with E-state index in [0.717, 1.165) is 12.4 Å². The first kappa shape index (κ1) is 12.1. The molecule has 94 valence electrons. The highest BCUT2D eigenvalue weighted by atomic mass is 16.5. The number of nitrogens with zero attached hydrogens (tertiary/aromatic N) is 3. The zero-order chi connectivity index (χ0) is 12.5. The molecule has 1 aliphatic heterocycles. The lowest BCUT2D eigenvalue weighted by Gasteiger charge is -2.38. The number of imidazole rings is 1. The quantitative estimate of drug-likeness (QED) is 0.770. The minimum Gasteiger partial charge on any atom is -0.367 e. The summed E-state index contributed by atoms with van der Waals surface area (Å²) in [5.74, 6) is 0.556. The lowest BCUT2D eigenvalue weighted by Crippen LogP contribution is -2.56. The topological polar surface area (TPSA) is 73.4 Å². The number of carbonyl (C=O) groups excluding carboxylic acids is 1. The Kier molecular flexibility index (Phi) is 3.17. The molecule has 17 heavy (non-hydrogen) atoms. The van der Waals surface area contributed by atoms with Crippen molar-refractivity contribution in [1.82, 2.24) is 14.5 Å². The first-order chi connectivity index (χ1) is 8.01. The van der Waals surface area contributed by atoms with E-state index in [9.17, 15) is 4.79 Å². The van der Waals surface area contributed by atoms with Gasteiger partial charge in [-0.3, -0.25) is 9.69 Å². The molecule has 1 fully saturated rings. The molecular formula is C11H18N4O2. The van der Waals surface area contributed by atoms with Crippen LogP contribution in [-0.2, 0) is 23.1 Å². The standard InChI is InChI=1S/C11H18N4O2/c1-11(10(12)16)8-15(5-6-17-11)7-9-13-3-4-14(9)2/h3-4H,5-8H2,1-2H3,(H2,12,16)/t11-/m1/s1. The van der Waals surface area contributed by atoms with Crippen molar-refractivity contribution in [2.45, 2.75) is 19.1 Å². The van der Waals surface area contributed by atoms with Gasteiger partial charge in [0, 0.05) is 32.5 Å². The van der Waals surface area contributed by atoms with Crippen LogP contribution < -0.4 is 5.73 Å². The Morgan fingerprint density at radius 2 is 2.47 bits per heavy atom. The van der Waals surface area contributed by atoms with Crippen molar-refractivity contribution in [3.8, 4) is 0 Å². The summed E-state index contributed by atoms with van der Waals surface area (Å²) in [6.07, 6.45) is 3.67. The molecule has 2 heterocycles. The Bertz CT molecular complexity index is 417. The summed E-state index contributed by atoms with van der Waals surface area (Å²) >= 11 is 0. The van der Waals surface area contributed by atoms with Crippen molar-refractivity contribution in [1.29, 1.82) is 0 Å². The van der Waals surface area contributed by atoms with Crippen LogP contribution in [0.4, 0.5) is 0 Å². The van der Waals surface area contributed by atoms with Crippen LogP contribution in [0.15, 0.2) is 12.4 Å². The SMILES string of the molecule is Cn1ccnc1CN1CCO[C@@](C)(C(N)=O)C1. The maximum Gasteiger partial charge on any atom is 0.250 e. The number of carbonyl (C=O) groups is 1. The van der Waals surface area contributed by atoms with Crippen molar-refractivity contribution in [3.63, 3.8) is 0 Å². The number of aryl methyl sites for hydroxylation is 1. The summed E-state index contributed by atoms with van der Waals surface area (Å²) in [7, 11) is 1.95. The van der Waals surface area contributed by atoms with Crippen LogP contribution >= 0.6 is 0 Å². The Hall–Kier alpha value is -1.40. The van der Waals surface area contributed by atoms with E-state index in [2.05, 4.69) is 9.88 Å². The van der Waals surface area contributed by atoms with Crippen LogP contribution in [0.1, 0.15) is 12.7 Å². The Morgan fingerprint density at radius 1 is 1.71 bits per heavy atom. The number of hydrogen-bond acceptors (Lipinski definition) is 4. The van der Waals surface area contributed by atoms with Gasteiger partial charge in [-0.05, 0) is 6.92 Å². The fourth-order valence-corrected chi connectivity index (χ4v) is 1.98. The molecule has 1 saturated heterocycles. The second-order valence-corrected chi connectivity index (χ2v) is 4.61. The van der Waals surface area contributed by atoms with Gasteiger partial charge in [-0.25, -0.2) is 4.98 Å². The van der Waals surface area contributed by atoms with E-state index < -0.39 is 11.5 Å². The lowest BCUT2D eigenvalue weighted by atomic mass is 10.0. The van der Waals surface area contributed by atoms with Crippen LogP contribution in [-0.4, -0.2) is 45.7 Å². The Labute approximate surface area is 100 Å². The molecule has 0 radical (unpaired) electrons. The number of ether oxygens (including phenoxy) is 1. The van der Waals surface area contributed by atoms with E-state index >= 15 is 0 Å². The number of morpholine rings is 1. The summed E-state index contributed by atoms with van der Waals surface area (Å²) < 4.78 is 7.43. The molecule has 2 N–H and O–H groups in total. The smallest absolute Gasteiger partial charge is 0.250 e. The van der Waals surface area contributed by atoms with Crippen molar-refractivity contribution in [2.75, 3.05) is 19.7 Å². The second-order valence-electron chi connectivity index (χ2n) is 4.61. The highest BCUT2D eigenvalue weighted by Gasteiger charge is 2.37. The number of rotatable bonds is 3. The summed E-state index contributed by atoms with van der Waals surface area (Å²) in [6, 6.07) is 0. The van der Waals surface area contributed by atoms with Crippen LogP contribution in [0.2, 0.25) is 0 Å². The predicted molar refractivity (Wildman–Crippen MR) is 62.0 cm³/mol. The lowest BCUT2D eigenvalue weighted by molar-refractivity contribution is -0.153. The molecule has 0 unspecified atom stereocenters. The summed E-state index contributed by atoms with van der Waals surface area (Å²) in [5, 5.41) is 0. The molecule has 1 atom stereocenters. The number of nitrogens with two attached hydrogens (primary N) is 1. The minimum atomic E-state index is -0.886. The van der Waals surface area contributed by atoms with Crippen molar-refractivity contribution < 1.29 is 9.53 Å². The van der Waals surface area contributed by atoms with E-state index in [0.29, 0.717) is 19.7 Å². The van der Waals surface area contributed by atoms with Gasteiger partial charge in [-0.2, -0.15) is 0 Å². The van der Waals surface area contributed by atoms with Crippen molar-refractivity contribution >= 4 is 5.91 Å². The highest BCUT2D eigenvalue weighted by Crippen LogP contribution is 2.18. The first-order valence-corrected chi connectivity index (χ1v) is 5.64. The van der Waals surface area contributed by atoms with Gasteiger partial charge in [0.1, 0.15) is 5.82 Å². The fourth-order valence-electron chi connectivity index (χ4n) is 1.98. The summed E-state index contributed by atoms with van der Waals surface area (Å²) in [4.78, 5) is 17.7. The molecule has 0 aliphatic carbocycles. The molecular weight excluding hydrogens is 220 g/mol. The molecule has 1 aromatic heterocycles. The van der Waals surface area contributed by atoms with Gasteiger partial charge >= 0.3 is 0 Å². The van der Waals surface area contributed by atoms with Gasteiger partial charge in [0.2, 0.25) is 0 Å². The molecule has 0 aromatic carbocycles. The van der Waals surface area contributed by atoms with E-state index in [1.165, 1.54) is 0 Å². The average Bonchev–Trinajstić information content (AvgIpc) is 2.64. The number of primary amides is 1. The normalized spacial score (nSPS) is 26.0. The molecule has 0 spiro atoms. The van der Waals surface area contributed by atoms with E-state index in [1.54, 1.807) is 13.1 Å². The van der Waals surface area contributed by atoms with Gasteiger partial charge in [0.15, 0.2) is 5.60 Å². The number of amides is 1.